The lowest BCUT2D eigenvalue weighted by Gasteiger charge is -2.33. The highest BCUT2D eigenvalue weighted by molar-refractivity contribution is 6.00. The molecule has 0 unspecified atom stereocenters. The molecule has 9 aromatic carbocycles. The quantitative estimate of drug-likeness (QED) is 0.172. The van der Waals surface area contributed by atoms with Crippen LogP contribution < -0.4 is 4.90 Å². The van der Waals surface area contributed by atoms with E-state index in [0.29, 0.717) is 0 Å². The standard InChI is InChI=1S/C61H45N/c1-59(2)50-28-11-9-24-48(50)57-54(59)32-17-33-56(57)62(40-34-35-46-42-20-5-10-27-49(42)60(3,4)55(46)37-40)39-19-15-18-38(36-39)41-25-16-26-47-45-23-8-14-31-53(45)61(58(41)47)51-29-12-6-21-43(51)44-22-7-13-30-52(44)61/h5-37H,1-4H3. The molecule has 0 saturated carbocycles. The average molecular weight is 792 g/mol. The van der Waals surface area contributed by atoms with Gasteiger partial charge in [-0.2, -0.15) is 0 Å². The van der Waals surface area contributed by atoms with Crippen molar-refractivity contribution in [1.29, 1.82) is 0 Å². The van der Waals surface area contributed by atoms with Crippen LogP contribution in [0.3, 0.4) is 0 Å². The third-order valence-corrected chi connectivity index (χ3v) is 15.1. The van der Waals surface area contributed by atoms with E-state index in [1.807, 2.05) is 0 Å². The lowest BCUT2D eigenvalue weighted by molar-refractivity contribution is 0.660. The van der Waals surface area contributed by atoms with Crippen LogP contribution in [-0.2, 0) is 16.2 Å². The maximum absolute atomic E-state index is 2.55. The number of hydrogen-bond acceptors (Lipinski definition) is 1. The Morgan fingerprint density at radius 3 is 1.40 bits per heavy atom. The summed E-state index contributed by atoms with van der Waals surface area (Å²) in [5, 5.41) is 0. The van der Waals surface area contributed by atoms with Crippen LogP contribution >= 0.6 is 0 Å². The molecule has 13 rings (SSSR count). The van der Waals surface area contributed by atoms with Crippen LogP contribution in [0, 0.1) is 0 Å². The Morgan fingerprint density at radius 1 is 0.306 bits per heavy atom. The van der Waals surface area contributed by atoms with Gasteiger partial charge in [-0.05, 0) is 125 Å². The Morgan fingerprint density at radius 2 is 0.742 bits per heavy atom. The second kappa shape index (κ2) is 12.4. The van der Waals surface area contributed by atoms with Gasteiger partial charge in [0.15, 0.2) is 0 Å². The van der Waals surface area contributed by atoms with E-state index in [4.69, 9.17) is 0 Å². The van der Waals surface area contributed by atoms with Crippen molar-refractivity contribution in [1.82, 2.24) is 0 Å². The summed E-state index contributed by atoms with van der Waals surface area (Å²) in [7, 11) is 0. The molecule has 0 saturated heterocycles. The lowest BCUT2D eigenvalue weighted by Crippen LogP contribution is -2.26. The molecule has 0 bridgehead atoms. The molecule has 9 aromatic rings. The summed E-state index contributed by atoms with van der Waals surface area (Å²) in [6.45, 7) is 9.53. The molecule has 0 amide bonds. The van der Waals surface area contributed by atoms with Gasteiger partial charge in [-0.15, -0.1) is 0 Å². The van der Waals surface area contributed by atoms with E-state index in [1.165, 1.54) is 106 Å². The molecule has 1 spiro atoms. The molecule has 0 aliphatic heterocycles. The first kappa shape index (κ1) is 35.5. The van der Waals surface area contributed by atoms with Crippen molar-refractivity contribution in [3.63, 3.8) is 0 Å². The largest absolute Gasteiger partial charge is 0.310 e. The SMILES string of the molecule is CC1(C)c2ccccc2-c2ccc(N(c3cccc(-c4cccc5c4C4(c6ccccc6-c6ccccc64)c4ccccc4-5)c3)c3cccc4c3-c3ccccc3C4(C)C)cc21. The predicted octanol–water partition coefficient (Wildman–Crippen LogP) is 15.8. The summed E-state index contributed by atoms with van der Waals surface area (Å²) in [6, 6.07) is 75.9. The van der Waals surface area contributed by atoms with Gasteiger partial charge < -0.3 is 4.90 Å². The van der Waals surface area contributed by atoms with Crippen LogP contribution in [0.25, 0.3) is 55.6 Å². The van der Waals surface area contributed by atoms with Gasteiger partial charge in [0.05, 0.1) is 11.1 Å². The van der Waals surface area contributed by atoms with Crippen molar-refractivity contribution in [2.45, 2.75) is 43.9 Å². The van der Waals surface area contributed by atoms with E-state index in [9.17, 15) is 0 Å². The van der Waals surface area contributed by atoms with Crippen molar-refractivity contribution >= 4 is 17.1 Å². The van der Waals surface area contributed by atoms with Crippen LogP contribution in [-0.4, -0.2) is 0 Å². The fraction of sp³-hybridized carbons (Fsp3) is 0.115. The Hall–Kier alpha value is -7.22. The van der Waals surface area contributed by atoms with Crippen molar-refractivity contribution in [3.8, 4) is 55.6 Å². The van der Waals surface area contributed by atoms with E-state index in [0.717, 1.165) is 11.4 Å². The molecule has 294 valence electrons. The molecular formula is C61H45N. The fourth-order valence-corrected chi connectivity index (χ4v) is 12.4. The zero-order valence-corrected chi connectivity index (χ0v) is 35.5. The summed E-state index contributed by atoms with van der Waals surface area (Å²) in [6.07, 6.45) is 0. The van der Waals surface area contributed by atoms with E-state index < -0.39 is 5.41 Å². The minimum Gasteiger partial charge on any atom is -0.310 e. The Kier molecular flexibility index (Phi) is 7.12. The normalized spacial score (nSPS) is 15.5. The highest BCUT2D eigenvalue weighted by Crippen LogP contribution is 2.65. The molecule has 0 N–H and O–H groups in total. The van der Waals surface area contributed by atoms with Gasteiger partial charge in [0, 0.05) is 27.8 Å². The van der Waals surface area contributed by atoms with Crippen LogP contribution in [0.4, 0.5) is 17.1 Å². The maximum Gasteiger partial charge on any atom is 0.0731 e. The first-order valence-electron chi connectivity index (χ1n) is 22.1. The molecule has 0 atom stereocenters. The van der Waals surface area contributed by atoms with Gasteiger partial charge in [0.25, 0.3) is 0 Å². The third kappa shape index (κ3) is 4.43. The predicted molar refractivity (Wildman–Crippen MR) is 258 cm³/mol. The van der Waals surface area contributed by atoms with Crippen molar-refractivity contribution in [2.75, 3.05) is 4.90 Å². The molecule has 0 fully saturated rings. The van der Waals surface area contributed by atoms with E-state index >= 15 is 0 Å². The monoisotopic (exact) mass is 791 g/mol. The summed E-state index contributed by atoms with van der Waals surface area (Å²) < 4.78 is 0. The van der Waals surface area contributed by atoms with Crippen molar-refractivity contribution in [3.05, 3.63) is 245 Å². The first-order chi connectivity index (χ1) is 30.3. The number of nitrogens with zero attached hydrogens (tertiary/aromatic N) is 1. The van der Waals surface area contributed by atoms with Crippen molar-refractivity contribution in [2.24, 2.45) is 0 Å². The van der Waals surface area contributed by atoms with E-state index in [-0.39, 0.29) is 10.8 Å². The molecular weight excluding hydrogens is 747 g/mol. The van der Waals surface area contributed by atoms with Gasteiger partial charge in [0.2, 0.25) is 0 Å². The van der Waals surface area contributed by atoms with E-state index in [2.05, 4.69) is 233 Å². The summed E-state index contributed by atoms with van der Waals surface area (Å²) in [5.74, 6) is 0. The van der Waals surface area contributed by atoms with Gasteiger partial charge >= 0.3 is 0 Å². The number of fused-ring (bicyclic) bond motifs is 16. The van der Waals surface area contributed by atoms with Gasteiger partial charge in [-0.25, -0.2) is 0 Å². The highest BCUT2D eigenvalue weighted by atomic mass is 15.1. The molecule has 62 heavy (non-hydrogen) atoms. The van der Waals surface area contributed by atoms with Crippen LogP contribution in [0.5, 0.6) is 0 Å². The zero-order chi connectivity index (χ0) is 41.5. The lowest BCUT2D eigenvalue weighted by atomic mass is 9.68. The minimum absolute atomic E-state index is 0.126. The molecule has 4 aliphatic carbocycles. The van der Waals surface area contributed by atoms with Crippen LogP contribution in [0.15, 0.2) is 200 Å². The number of benzene rings is 9. The summed E-state index contributed by atoms with van der Waals surface area (Å²) in [5.41, 5.74) is 26.8. The number of rotatable bonds is 4. The zero-order valence-electron chi connectivity index (χ0n) is 35.5. The topological polar surface area (TPSA) is 3.24 Å². The van der Waals surface area contributed by atoms with Crippen LogP contribution in [0.1, 0.15) is 72.2 Å². The first-order valence-corrected chi connectivity index (χ1v) is 22.1. The molecule has 1 heteroatoms. The second-order valence-electron chi connectivity index (χ2n) is 18.8. The summed E-state index contributed by atoms with van der Waals surface area (Å²) in [4.78, 5) is 2.55. The van der Waals surface area contributed by atoms with Gasteiger partial charge in [-0.1, -0.05) is 198 Å². The Bertz CT molecular complexity index is 3310. The fourth-order valence-electron chi connectivity index (χ4n) is 12.4. The molecule has 0 heterocycles. The van der Waals surface area contributed by atoms with Gasteiger partial charge in [-0.3, -0.25) is 0 Å². The number of anilines is 3. The van der Waals surface area contributed by atoms with Gasteiger partial charge in [0.1, 0.15) is 0 Å². The summed E-state index contributed by atoms with van der Waals surface area (Å²) >= 11 is 0. The molecule has 0 radical (unpaired) electrons. The minimum atomic E-state index is -0.443. The maximum atomic E-state index is 2.55. The number of hydrogen-bond donors (Lipinski definition) is 0. The third-order valence-electron chi connectivity index (χ3n) is 15.1. The molecule has 0 aromatic heterocycles. The average Bonchev–Trinajstić information content (AvgIpc) is 3.95. The molecule has 1 nitrogen and oxygen atoms in total. The Labute approximate surface area is 364 Å². The highest BCUT2D eigenvalue weighted by Gasteiger charge is 2.52. The smallest absolute Gasteiger partial charge is 0.0731 e. The molecule has 4 aliphatic rings. The Balaban J connectivity index is 1.07. The van der Waals surface area contributed by atoms with E-state index in [1.54, 1.807) is 0 Å². The van der Waals surface area contributed by atoms with Crippen LogP contribution in [0.2, 0.25) is 0 Å². The van der Waals surface area contributed by atoms with Crippen molar-refractivity contribution < 1.29 is 0 Å². The second-order valence-corrected chi connectivity index (χ2v) is 18.8.